The van der Waals surface area contributed by atoms with E-state index >= 15 is 0 Å². The summed E-state index contributed by atoms with van der Waals surface area (Å²) in [5.74, 6) is -0.821. The quantitative estimate of drug-likeness (QED) is 0.443. The summed E-state index contributed by atoms with van der Waals surface area (Å²) < 4.78 is 10.6. The summed E-state index contributed by atoms with van der Waals surface area (Å²) in [7, 11) is 0. The van der Waals surface area contributed by atoms with Crippen molar-refractivity contribution < 1.29 is 23.9 Å². The minimum atomic E-state index is -0.505. The van der Waals surface area contributed by atoms with Crippen LogP contribution in [0.5, 0.6) is 5.75 Å². The van der Waals surface area contributed by atoms with Crippen LogP contribution in [0, 0.1) is 0 Å². The Kier molecular flexibility index (Phi) is 6.29. The lowest BCUT2D eigenvalue weighted by atomic mass is 10.1. The number of benzene rings is 2. The predicted molar refractivity (Wildman–Crippen MR) is 108 cm³/mol. The van der Waals surface area contributed by atoms with E-state index in [1.54, 1.807) is 43.3 Å². The first-order valence-electron chi connectivity index (χ1n) is 9.41. The second-order valence-corrected chi connectivity index (χ2v) is 6.29. The first-order chi connectivity index (χ1) is 14.0. The number of nitrogens with one attached hydrogen (secondary N) is 1. The Balaban J connectivity index is 1.83. The third kappa shape index (κ3) is 4.45. The summed E-state index contributed by atoms with van der Waals surface area (Å²) >= 11 is 0. The lowest BCUT2D eigenvalue weighted by Gasteiger charge is -2.15. The molecule has 1 heterocycles. The van der Waals surface area contributed by atoms with E-state index in [2.05, 4.69) is 5.43 Å². The average Bonchev–Trinajstić information content (AvgIpc) is 3.01. The first-order valence-corrected chi connectivity index (χ1v) is 9.41. The molecular formula is C22H22N2O5. The summed E-state index contributed by atoms with van der Waals surface area (Å²) in [5, 5.41) is 1.15. The summed E-state index contributed by atoms with van der Waals surface area (Å²) in [6.07, 6.45) is 2.37. The Morgan fingerprint density at radius 2 is 1.79 bits per heavy atom. The Hall–Kier alpha value is -3.61. The molecule has 29 heavy (non-hydrogen) atoms. The molecule has 0 aliphatic carbocycles. The van der Waals surface area contributed by atoms with Gasteiger partial charge in [0, 0.05) is 5.56 Å². The lowest BCUT2D eigenvalue weighted by Crippen LogP contribution is -2.35. The predicted octanol–water partition coefficient (Wildman–Crippen LogP) is 3.11. The number of carbonyl (C=O) groups excluding carboxylic acids is 3. The van der Waals surface area contributed by atoms with Gasteiger partial charge in [-0.1, -0.05) is 25.1 Å². The SMILES string of the molecule is CCCOc1ccccc1C=C1C(=O)NN(c2ccc(C(=O)OCC)cc2)C1=O. The van der Waals surface area contributed by atoms with Crippen molar-refractivity contribution in [2.45, 2.75) is 20.3 Å². The van der Waals surface area contributed by atoms with Gasteiger partial charge < -0.3 is 9.47 Å². The number of ether oxygens (including phenoxy) is 2. The third-order valence-electron chi connectivity index (χ3n) is 4.21. The van der Waals surface area contributed by atoms with E-state index in [9.17, 15) is 14.4 Å². The zero-order valence-electron chi connectivity index (χ0n) is 16.3. The molecule has 1 saturated heterocycles. The van der Waals surface area contributed by atoms with Gasteiger partial charge in [0.25, 0.3) is 11.8 Å². The number of hydrogen-bond acceptors (Lipinski definition) is 5. The molecule has 1 N–H and O–H groups in total. The van der Waals surface area contributed by atoms with Crippen LogP contribution in [0.2, 0.25) is 0 Å². The molecule has 3 rings (SSSR count). The molecule has 7 heteroatoms. The van der Waals surface area contributed by atoms with Crippen LogP contribution in [0.25, 0.3) is 6.08 Å². The van der Waals surface area contributed by atoms with Gasteiger partial charge in [0.2, 0.25) is 0 Å². The van der Waals surface area contributed by atoms with Gasteiger partial charge in [0.1, 0.15) is 11.3 Å². The van der Waals surface area contributed by atoms with E-state index in [0.29, 0.717) is 29.2 Å². The molecule has 0 spiro atoms. The van der Waals surface area contributed by atoms with Gasteiger partial charge in [-0.05, 0) is 49.8 Å². The Morgan fingerprint density at radius 3 is 2.48 bits per heavy atom. The van der Waals surface area contributed by atoms with Crippen LogP contribution in [0.3, 0.4) is 0 Å². The van der Waals surface area contributed by atoms with E-state index in [1.807, 2.05) is 19.1 Å². The molecule has 2 amide bonds. The van der Waals surface area contributed by atoms with Gasteiger partial charge in [-0.25, -0.2) is 9.80 Å². The molecule has 0 bridgehead atoms. The minimum Gasteiger partial charge on any atom is -0.493 e. The number of para-hydroxylation sites is 1. The highest BCUT2D eigenvalue weighted by Crippen LogP contribution is 2.26. The van der Waals surface area contributed by atoms with Crippen molar-refractivity contribution in [3.63, 3.8) is 0 Å². The van der Waals surface area contributed by atoms with Crippen molar-refractivity contribution in [3.8, 4) is 5.75 Å². The molecule has 1 aliphatic rings. The fraction of sp³-hybridized carbons (Fsp3) is 0.227. The van der Waals surface area contributed by atoms with Crippen LogP contribution in [-0.2, 0) is 14.3 Å². The highest BCUT2D eigenvalue weighted by molar-refractivity contribution is 6.31. The summed E-state index contributed by atoms with van der Waals surface area (Å²) in [6.45, 7) is 4.54. The fourth-order valence-electron chi connectivity index (χ4n) is 2.80. The zero-order chi connectivity index (χ0) is 20.8. The normalized spacial score (nSPS) is 14.8. The maximum Gasteiger partial charge on any atom is 0.338 e. The number of hydrogen-bond donors (Lipinski definition) is 1. The van der Waals surface area contributed by atoms with Crippen molar-refractivity contribution in [2.24, 2.45) is 0 Å². The molecule has 0 radical (unpaired) electrons. The maximum absolute atomic E-state index is 12.8. The fourth-order valence-corrected chi connectivity index (χ4v) is 2.80. The molecule has 1 aliphatic heterocycles. The van der Waals surface area contributed by atoms with Gasteiger partial charge in [-0.2, -0.15) is 0 Å². The second-order valence-electron chi connectivity index (χ2n) is 6.29. The summed E-state index contributed by atoms with van der Waals surface area (Å²) in [6, 6.07) is 13.5. The monoisotopic (exact) mass is 394 g/mol. The third-order valence-corrected chi connectivity index (χ3v) is 4.21. The zero-order valence-corrected chi connectivity index (χ0v) is 16.3. The van der Waals surface area contributed by atoms with E-state index in [1.165, 1.54) is 6.08 Å². The highest BCUT2D eigenvalue weighted by atomic mass is 16.5. The van der Waals surface area contributed by atoms with Crippen LogP contribution in [0.4, 0.5) is 5.69 Å². The van der Waals surface area contributed by atoms with E-state index in [4.69, 9.17) is 9.47 Å². The molecule has 0 atom stereocenters. The van der Waals surface area contributed by atoms with E-state index in [-0.39, 0.29) is 12.2 Å². The molecule has 1 fully saturated rings. The number of amides is 2. The molecule has 0 unspecified atom stereocenters. The van der Waals surface area contributed by atoms with Gasteiger partial charge in [0.15, 0.2) is 0 Å². The Morgan fingerprint density at radius 1 is 1.07 bits per heavy atom. The molecule has 2 aromatic carbocycles. The second kappa shape index (κ2) is 9.05. The molecule has 0 saturated carbocycles. The number of nitrogens with zero attached hydrogens (tertiary/aromatic N) is 1. The van der Waals surface area contributed by atoms with Crippen molar-refractivity contribution in [2.75, 3.05) is 18.2 Å². The lowest BCUT2D eigenvalue weighted by molar-refractivity contribution is -0.117. The van der Waals surface area contributed by atoms with Crippen LogP contribution in [0.15, 0.2) is 54.1 Å². The topological polar surface area (TPSA) is 84.9 Å². The van der Waals surface area contributed by atoms with Gasteiger partial charge >= 0.3 is 5.97 Å². The summed E-state index contributed by atoms with van der Waals surface area (Å²) in [5.41, 5.74) is 4.01. The van der Waals surface area contributed by atoms with Crippen LogP contribution >= 0.6 is 0 Å². The van der Waals surface area contributed by atoms with Gasteiger partial charge in [-0.15, -0.1) is 0 Å². The number of rotatable bonds is 7. The number of esters is 1. The number of anilines is 1. The maximum atomic E-state index is 12.8. The van der Waals surface area contributed by atoms with Crippen LogP contribution in [0.1, 0.15) is 36.2 Å². The van der Waals surface area contributed by atoms with Crippen molar-refractivity contribution >= 4 is 29.5 Å². The van der Waals surface area contributed by atoms with Gasteiger partial charge in [-0.3, -0.25) is 15.0 Å². The largest absolute Gasteiger partial charge is 0.493 e. The molecule has 7 nitrogen and oxygen atoms in total. The molecular weight excluding hydrogens is 372 g/mol. The van der Waals surface area contributed by atoms with Crippen LogP contribution < -0.4 is 15.2 Å². The molecule has 2 aromatic rings. The van der Waals surface area contributed by atoms with Crippen molar-refractivity contribution in [1.29, 1.82) is 0 Å². The highest BCUT2D eigenvalue weighted by Gasteiger charge is 2.34. The Bertz CT molecular complexity index is 950. The van der Waals surface area contributed by atoms with Crippen molar-refractivity contribution in [1.82, 2.24) is 5.43 Å². The van der Waals surface area contributed by atoms with E-state index < -0.39 is 17.8 Å². The molecule has 150 valence electrons. The van der Waals surface area contributed by atoms with Crippen LogP contribution in [-0.4, -0.2) is 31.0 Å². The smallest absolute Gasteiger partial charge is 0.338 e. The minimum absolute atomic E-state index is 0.00650. The average molecular weight is 394 g/mol. The van der Waals surface area contributed by atoms with Crippen molar-refractivity contribution in [3.05, 3.63) is 65.2 Å². The first kappa shape index (κ1) is 20.1. The standard InChI is InChI=1S/C22H22N2O5/c1-3-13-29-19-8-6-5-7-16(19)14-18-20(25)23-24(21(18)26)17-11-9-15(10-12-17)22(27)28-4-2/h5-12,14H,3-4,13H2,1-2H3,(H,23,25). The molecule has 0 aromatic heterocycles. The summed E-state index contributed by atoms with van der Waals surface area (Å²) in [4.78, 5) is 37.0. The van der Waals surface area contributed by atoms with E-state index in [0.717, 1.165) is 11.4 Å². The van der Waals surface area contributed by atoms with Gasteiger partial charge in [0.05, 0.1) is 24.5 Å². The Labute approximate surface area is 168 Å². The number of carbonyl (C=O) groups is 3. The number of hydrazine groups is 1.